The average molecular weight is 331 g/mol. The third kappa shape index (κ3) is 3.68. The molecule has 1 atom stereocenters. The maximum absolute atomic E-state index is 6.20. The Kier molecular flexibility index (Phi) is 5.74. The van der Waals surface area contributed by atoms with Gasteiger partial charge in [-0.25, -0.2) is 0 Å². The van der Waals surface area contributed by atoms with Crippen molar-refractivity contribution < 1.29 is 0 Å². The van der Waals surface area contributed by atoms with E-state index in [0.29, 0.717) is 16.5 Å². The lowest BCUT2D eigenvalue weighted by Gasteiger charge is -2.16. The van der Waals surface area contributed by atoms with Crippen molar-refractivity contribution in [2.24, 2.45) is 5.84 Å². The van der Waals surface area contributed by atoms with E-state index < -0.39 is 0 Å². The van der Waals surface area contributed by atoms with Crippen LogP contribution in [0, 0.1) is 0 Å². The molecule has 4 nitrogen and oxygen atoms in total. The molecule has 2 rings (SSSR count). The minimum absolute atomic E-state index is 0.0625. The molecule has 3 N–H and O–H groups in total. The Balaban J connectivity index is 2.24. The van der Waals surface area contributed by atoms with Gasteiger partial charge in [0.25, 0.3) is 0 Å². The number of aromatic nitrogens is 2. The van der Waals surface area contributed by atoms with Gasteiger partial charge in [-0.15, -0.1) is 5.10 Å². The molecule has 0 amide bonds. The molecule has 1 aromatic heterocycles. The van der Waals surface area contributed by atoms with E-state index in [4.69, 9.17) is 29.0 Å². The zero-order chi connectivity index (χ0) is 14.5. The number of nitrogens with zero attached hydrogens (tertiary/aromatic N) is 2. The van der Waals surface area contributed by atoms with Crippen molar-refractivity contribution in [2.75, 3.05) is 0 Å². The summed E-state index contributed by atoms with van der Waals surface area (Å²) in [4.78, 5) is 1.06. The third-order valence-electron chi connectivity index (χ3n) is 3.02. The molecule has 7 heteroatoms. The monoisotopic (exact) mass is 330 g/mol. The topological polar surface area (TPSA) is 63.8 Å². The summed E-state index contributed by atoms with van der Waals surface area (Å²) in [7, 11) is 0. The maximum Gasteiger partial charge on any atom is 0.0804 e. The average Bonchev–Trinajstić information content (AvgIpc) is 2.88. The highest BCUT2D eigenvalue weighted by Crippen LogP contribution is 2.28. The van der Waals surface area contributed by atoms with Gasteiger partial charge in [0.1, 0.15) is 0 Å². The Labute approximate surface area is 132 Å². The molecule has 1 unspecified atom stereocenters. The molecule has 0 aliphatic carbocycles. The van der Waals surface area contributed by atoms with Crippen LogP contribution in [-0.2, 0) is 12.8 Å². The van der Waals surface area contributed by atoms with Crippen molar-refractivity contribution >= 4 is 34.7 Å². The van der Waals surface area contributed by atoms with Crippen LogP contribution in [0.3, 0.4) is 0 Å². The van der Waals surface area contributed by atoms with Gasteiger partial charge in [0.05, 0.1) is 16.6 Å². The van der Waals surface area contributed by atoms with Crippen LogP contribution in [-0.4, -0.2) is 9.59 Å². The second kappa shape index (κ2) is 7.33. The standard InChI is InChI=1S/C13H16Cl2N4S/c1-2-3-11-13(20-19-18-11)12(17-16)7-8-6-9(14)4-5-10(8)15/h4-6,12,17H,2-3,7,16H2,1H3. The highest BCUT2D eigenvalue weighted by atomic mass is 35.5. The normalized spacial score (nSPS) is 12.6. The smallest absolute Gasteiger partial charge is 0.0804 e. The number of nitrogens with two attached hydrogens (primary N) is 1. The van der Waals surface area contributed by atoms with E-state index >= 15 is 0 Å². The lowest BCUT2D eigenvalue weighted by atomic mass is 10.0. The first-order valence-electron chi connectivity index (χ1n) is 6.36. The van der Waals surface area contributed by atoms with E-state index in [1.807, 2.05) is 6.07 Å². The van der Waals surface area contributed by atoms with E-state index in [1.165, 1.54) is 11.5 Å². The summed E-state index contributed by atoms with van der Waals surface area (Å²) in [5, 5.41) is 5.52. The van der Waals surface area contributed by atoms with Gasteiger partial charge < -0.3 is 0 Å². The molecule has 0 spiro atoms. The molecule has 1 heterocycles. The molecule has 2 aromatic rings. The summed E-state index contributed by atoms with van der Waals surface area (Å²) in [6.07, 6.45) is 2.57. The first kappa shape index (κ1) is 15.7. The van der Waals surface area contributed by atoms with E-state index in [0.717, 1.165) is 29.0 Å². The summed E-state index contributed by atoms with van der Waals surface area (Å²) in [5.41, 5.74) is 4.78. The number of hydrogen-bond acceptors (Lipinski definition) is 5. The zero-order valence-corrected chi connectivity index (χ0v) is 13.4. The highest BCUT2D eigenvalue weighted by molar-refractivity contribution is 7.05. The van der Waals surface area contributed by atoms with Gasteiger partial charge in [-0.2, -0.15) is 0 Å². The van der Waals surface area contributed by atoms with Gasteiger partial charge in [0.2, 0.25) is 0 Å². The van der Waals surface area contributed by atoms with E-state index in [9.17, 15) is 0 Å². The van der Waals surface area contributed by atoms with E-state index in [2.05, 4.69) is 21.9 Å². The number of aryl methyl sites for hydroxylation is 1. The lowest BCUT2D eigenvalue weighted by molar-refractivity contribution is 0.554. The molecule has 0 radical (unpaired) electrons. The predicted molar refractivity (Wildman–Crippen MR) is 84.1 cm³/mol. The zero-order valence-electron chi connectivity index (χ0n) is 11.1. The number of halogens is 2. The molecule has 20 heavy (non-hydrogen) atoms. The summed E-state index contributed by atoms with van der Waals surface area (Å²) >= 11 is 13.6. The Morgan fingerprint density at radius 1 is 1.40 bits per heavy atom. The van der Waals surface area contributed by atoms with Gasteiger partial charge in [-0.1, -0.05) is 41.0 Å². The molecule has 0 fully saturated rings. The van der Waals surface area contributed by atoms with Crippen LogP contribution in [0.25, 0.3) is 0 Å². The molecular weight excluding hydrogens is 315 g/mol. The van der Waals surface area contributed by atoms with Crippen molar-refractivity contribution in [3.05, 3.63) is 44.4 Å². The van der Waals surface area contributed by atoms with E-state index in [1.54, 1.807) is 12.1 Å². The Morgan fingerprint density at radius 3 is 2.90 bits per heavy atom. The number of benzene rings is 1. The second-order valence-electron chi connectivity index (χ2n) is 4.49. The van der Waals surface area contributed by atoms with Gasteiger partial charge in [-0.05, 0) is 48.1 Å². The maximum atomic E-state index is 6.20. The molecule has 0 bridgehead atoms. The predicted octanol–water partition coefficient (Wildman–Crippen LogP) is 3.54. The van der Waals surface area contributed by atoms with Crippen molar-refractivity contribution in [3.63, 3.8) is 0 Å². The van der Waals surface area contributed by atoms with Crippen LogP contribution in [0.15, 0.2) is 18.2 Å². The minimum atomic E-state index is -0.0625. The fraction of sp³-hybridized carbons (Fsp3) is 0.385. The number of hydrazine groups is 1. The van der Waals surface area contributed by atoms with Gasteiger partial charge in [-0.3, -0.25) is 11.3 Å². The van der Waals surface area contributed by atoms with Crippen molar-refractivity contribution in [1.29, 1.82) is 0 Å². The fourth-order valence-corrected chi connectivity index (χ4v) is 3.18. The van der Waals surface area contributed by atoms with Crippen LogP contribution in [0.5, 0.6) is 0 Å². The van der Waals surface area contributed by atoms with Crippen LogP contribution >= 0.6 is 34.7 Å². The van der Waals surface area contributed by atoms with Gasteiger partial charge in [0, 0.05) is 10.0 Å². The van der Waals surface area contributed by atoms with Crippen molar-refractivity contribution in [2.45, 2.75) is 32.2 Å². The molecule has 0 saturated heterocycles. The van der Waals surface area contributed by atoms with Crippen molar-refractivity contribution in [3.8, 4) is 0 Å². The lowest BCUT2D eigenvalue weighted by Crippen LogP contribution is -2.29. The molecule has 0 aliphatic heterocycles. The van der Waals surface area contributed by atoms with Crippen LogP contribution in [0.1, 0.15) is 35.5 Å². The third-order valence-corrected chi connectivity index (χ3v) is 4.51. The summed E-state index contributed by atoms with van der Waals surface area (Å²) in [6, 6.07) is 5.37. The summed E-state index contributed by atoms with van der Waals surface area (Å²) in [6.45, 7) is 2.11. The van der Waals surface area contributed by atoms with E-state index in [-0.39, 0.29) is 6.04 Å². The SMILES string of the molecule is CCCc1nnsc1C(Cc1cc(Cl)ccc1Cl)NN. The van der Waals surface area contributed by atoms with Crippen LogP contribution in [0.4, 0.5) is 0 Å². The molecule has 1 aromatic carbocycles. The molecule has 0 aliphatic rings. The molecule has 0 saturated carbocycles. The fourth-order valence-electron chi connectivity index (χ4n) is 2.04. The summed E-state index contributed by atoms with van der Waals surface area (Å²) in [5.74, 6) is 5.69. The molecular formula is C13H16Cl2N4S. The quantitative estimate of drug-likeness (QED) is 0.628. The summed E-state index contributed by atoms with van der Waals surface area (Å²) < 4.78 is 4.03. The van der Waals surface area contributed by atoms with Crippen molar-refractivity contribution in [1.82, 2.24) is 15.0 Å². The molecule has 108 valence electrons. The number of rotatable bonds is 6. The Bertz CT molecular complexity index is 573. The van der Waals surface area contributed by atoms with Crippen LogP contribution in [0.2, 0.25) is 10.0 Å². The largest absolute Gasteiger partial charge is 0.271 e. The Morgan fingerprint density at radius 2 is 2.20 bits per heavy atom. The number of hydrogen-bond donors (Lipinski definition) is 2. The Hall–Kier alpha value is -0.720. The first-order valence-corrected chi connectivity index (χ1v) is 7.89. The van der Waals surface area contributed by atoms with Crippen LogP contribution < -0.4 is 11.3 Å². The second-order valence-corrected chi connectivity index (χ2v) is 6.12. The first-order chi connectivity index (χ1) is 9.65. The minimum Gasteiger partial charge on any atom is -0.271 e. The number of nitrogens with one attached hydrogen (secondary N) is 1. The van der Waals surface area contributed by atoms with Gasteiger partial charge in [0.15, 0.2) is 0 Å². The highest BCUT2D eigenvalue weighted by Gasteiger charge is 2.19. The van der Waals surface area contributed by atoms with Gasteiger partial charge >= 0.3 is 0 Å².